The highest BCUT2D eigenvalue weighted by Crippen LogP contribution is 2.17. The van der Waals surface area contributed by atoms with E-state index >= 15 is 0 Å². The van der Waals surface area contributed by atoms with E-state index in [1.807, 2.05) is 0 Å². The third kappa shape index (κ3) is 4.30. The lowest BCUT2D eigenvalue weighted by Crippen LogP contribution is -2.45. The Morgan fingerprint density at radius 2 is 2.30 bits per heavy atom. The van der Waals surface area contributed by atoms with Crippen LogP contribution in [0, 0.1) is 0 Å². The summed E-state index contributed by atoms with van der Waals surface area (Å²) >= 11 is 6.03. The molecule has 20 heavy (non-hydrogen) atoms. The Labute approximate surface area is 125 Å². The molecule has 0 amide bonds. The van der Waals surface area contributed by atoms with Gasteiger partial charge in [0, 0.05) is 31.6 Å². The number of anilines is 1. The van der Waals surface area contributed by atoms with E-state index in [0.29, 0.717) is 5.15 Å². The first kappa shape index (κ1) is 15.5. The third-order valence-electron chi connectivity index (χ3n) is 3.41. The van der Waals surface area contributed by atoms with Crippen LogP contribution >= 0.6 is 11.6 Å². The summed E-state index contributed by atoms with van der Waals surface area (Å²) in [5, 5.41) is 3.79. The van der Waals surface area contributed by atoms with Gasteiger partial charge in [-0.25, -0.2) is 9.97 Å². The zero-order valence-corrected chi connectivity index (χ0v) is 13.2. The molecule has 112 valence electrons. The quantitative estimate of drug-likeness (QED) is 0.846. The second-order valence-corrected chi connectivity index (χ2v) is 5.74. The van der Waals surface area contributed by atoms with Crippen molar-refractivity contribution in [3.05, 3.63) is 17.0 Å². The van der Waals surface area contributed by atoms with Crippen molar-refractivity contribution in [1.82, 2.24) is 14.9 Å². The van der Waals surface area contributed by atoms with E-state index in [9.17, 15) is 0 Å². The van der Waals surface area contributed by atoms with Crippen LogP contribution in [0.5, 0.6) is 0 Å². The average molecular weight is 299 g/mol. The van der Waals surface area contributed by atoms with Crippen LogP contribution in [-0.4, -0.2) is 53.8 Å². The maximum absolute atomic E-state index is 6.03. The van der Waals surface area contributed by atoms with Crippen molar-refractivity contribution >= 4 is 17.4 Å². The van der Waals surface area contributed by atoms with Crippen LogP contribution < -0.4 is 5.32 Å². The fourth-order valence-electron chi connectivity index (χ4n) is 2.19. The van der Waals surface area contributed by atoms with Gasteiger partial charge in [0.1, 0.15) is 16.8 Å². The Morgan fingerprint density at radius 3 is 3.00 bits per heavy atom. The van der Waals surface area contributed by atoms with Crippen LogP contribution in [0.3, 0.4) is 0 Å². The van der Waals surface area contributed by atoms with E-state index in [0.717, 1.165) is 44.4 Å². The van der Waals surface area contributed by atoms with Crippen molar-refractivity contribution < 1.29 is 4.74 Å². The fourth-order valence-corrected chi connectivity index (χ4v) is 2.38. The van der Waals surface area contributed by atoms with Gasteiger partial charge in [-0.3, -0.25) is 4.90 Å². The van der Waals surface area contributed by atoms with Gasteiger partial charge in [-0.15, -0.1) is 0 Å². The highest BCUT2D eigenvalue weighted by atomic mass is 35.5. The van der Waals surface area contributed by atoms with Crippen LogP contribution in [0.25, 0.3) is 0 Å². The number of likely N-dealkylation sites (N-methyl/N-ethyl adjacent to an activating group) is 1. The van der Waals surface area contributed by atoms with Gasteiger partial charge in [-0.2, -0.15) is 0 Å². The molecule has 1 saturated heterocycles. The molecule has 1 fully saturated rings. The minimum Gasteiger partial charge on any atom is -0.374 e. The van der Waals surface area contributed by atoms with Crippen LogP contribution in [0.4, 0.5) is 5.82 Å². The average Bonchev–Trinajstić information content (AvgIpc) is 2.44. The molecule has 6 heteroatoms. The highest BCUT2D eigenvalue weighted by Gasteiger charge is 2.19. The molecule has 0 spiro atoms. The number of hydrogen-bond acceptors (Lipinski definition) is 5. The maximum Gasteiger partial charge on any atom is 0.135 e. The molecular formula is C14H23ClN4O. The molecule has 1 aliphatic rings. The van der Waals surface area contributed by atoms with Crippen molar-refractivity contribution in [2.24, 2.45) is 0 Å². The van der Waals surface area contributed by atoms with Gasteiger partial charge < -0.3 is 10.1 Å². The standard InChI is InChI=1S/C14H23ClN4O/c1-4-19-5-6-20-11(9-19)8-16-13-7-12(15)17-14(18-13)10(2)3/h7,10-11H,4-6,8-9H2,1-3H3,(H,16,17,18). The largest absolute Gasteiger partial charge is 0.374 e. The van der Waals surface area contributed by atoms with Crippen LogP contribution in [0.15, 0.2) is 6.07 Å². The second-order valence-electron chi connectivity index (χ2n) is 5.36. The molecule has 0 bridgehead atoms. The Morgan fingerprint density at radius 1 is 1.50 bits per heavy atom. The number of nitrogens with zero attached hydrogens (tertiary/aromatic N) is 3. The highest BCUT2D eigenvalue weighted by molar-refractivity contribution is 6.29. The zero-order chi connectivity index (χ0) is 14.5. The molecular weight excluding hydrogens is 276 g/mol. The third-order valence-corrected chi connectivity index (χ3v) is 3.60. The summed E-state index contributed by atoms with van der Waals surface area (Å²) in [4.78, 5) is 11.1. The van der Waals surface area contributed by atoms with Gasteiger partial charge in [-0.1, -0.05) is 32.4 Å². The van der Waals surface area contributed by atoms with Gasteiger partial charge >= 0.3 is 0 Å². The summed E-state index contributed by atoms with van der Waals surface area (Å²) in [6.45, 7) is 10.9. The van der Waals surface area contributed by atoms with E-state index in [-0.39, 0.29) is 12.0 Å². The summed E-state index contributed by atoms with van der Waals surface area (Å²) in [5.74, 6) is 1.79. The molecule has 0 aliphatic carbocycles. The van der Waals surface area contributed by atoms with Crippen molar-refractivity contribution in [2.45, 2.75) is 32.8 Å². The monoisotopic (exact) mass is 298 g/mol. The van der Waals surface area contributed by atoms with Crippen LogP contribution in [-0.2, 0) is 4.74 Å². The lowest BCUT2D eigenvalue weighted by molar-refractivity contribution is -0.0192. The van der Waals surface area contributed by atoms with Gasteiger partial charge in [-0.05, 0) is 6.54 Å². The number of halogens is 1. The number of morpholine rings is 1. The van der Waals surface area contributed by atoms with Crippen molar-refractivity contribution in [3.63, 3.8) is 0 Å². The second kappa shape index (κ2) is 7.20. The first-order valence-electron chi connectivity index (χ1n) is 7.20. The fraction of sp³-hybridized carbons (Fsp3) is 0.714. The maximum atomic E-state index is 6.03. The van der Waals surface area contributed by atoms with E-state index in [1.165, 1.54) is 0 Å². The van der Waals surface area contributed by atoms with Gasteiger partial charge in [0.25, 0.3) is 0 Å². The first-order chi connectivity index (χ1) is 9.58. The molecule has 1 unspecified atom stereocenters. The van der Waals surface area contributed by atoms with Crippen LogP contribution in [0.2, 0.25) is 5.15 Å². The molecule has 2 rings (SSSR count). The van der Waals surface area contributed by atoms with Crippen molar-refractivity contribution in [2.75, 3.05) is 38.1 Å². The molecule has 1 aliphatic heterocycles. The number of ether oxygens (including phenoxy) is 1. The van der Waals surface area contributed by atoms with Gasteiger partial charge in [0.15, 0.2) is 0 Å². The molecule has 1 atom stereocenters. The minimum atomic E-state index is 0.194. The first-order valence-corrected chi connectivity index (χ1v) is 7.58. The molecule has 1 aromatic heterocycles. The number of nitrogens with one attached hydrogen (secondary N) is 1. The Bertz CT molecular complexity index is 441. The summed E-state index contributed by atoms with van der Waals surface area (Å²) in [7, 11) is 0. The van der Waals surface area contributed by atoms with Gasteiger partial charge in [0.2, 0.25) is 0 Å². The van der Waals surface area contributed by atoms with E-state index in [1.54, 1.807) is 6.07 Å². The Hall–Kier alpha value is -0.910. The summed E-state index contributed by atoms with van der Waals surface area (Å²) < 4.78 is 5.76. The zero-order valence-electron chi connectivity index (χ0n) is 12.4. The molecule has 2 heterocycles. The summed E-state index contributed by atoms with van der Waals surface area (Å²) in [6.07, 6.45) is 0.194. The predicted octanol–water partition coefficient (Wildman–Crippen LogP) is 2.39. The Kier molecular flexibility index (Phi) is 5.57. The van der Waals surface area contributed by atoms with Gasteiger partial charge in [0.05, 0.1) is 12.7 Å². The summed E-state index contributed by atoms with van der Waals surface area (Å²) in [6, 6.07) is 1.76. The molecule has 5 nitrogen and oxygen atoms in total. The lowest BCUT2D eigenvalue weighted by Gasteiger charge is -2.32. The molecule has 0 aromatic carbocycles. The van der Waals surface area contributed by atoms with E-state index in [2.05, 4.69) is 41.0 Å². The van der Waals surface area contributed by atoms with Crippen LogP contribution in [0.1, 0.15) is 32.5 Å². The predicted molar refractivity (Wildman–Crippen MR) is 81.5 cm³/mol. The van der Waals surface area contributed by atoms with Crippen molar-refractivity contribution in [1.29, 1.82) is 0 Å². The molecule has 0 radical (unpaired) electrons. The number of hydrogen-bond donors (Lipinski definition) is 1. The lowest BCUT2D eigenvalue weighted by atomic mass is 10.2. The normalized spacial score (nSPS) is 20.4. The van der Waals surface area contributed by atoms with E-state index in [4.69, 9.17) is 16.3 Å². The summed E-state index contributed by atoms with van der Waals surface area (Å²) in [5.41, 5.74) is 0. The Balaban J connectivity index is 1.93. The number of rotatable bonds is 5. The molecule has 1 aromatic rings. The molecule has 1 N–H and O–H groups in total. The topological polar surface area (TPSA) is 50.3 Å². The molecule has 0 saturated carbocycles. The minimum absolute atomic E-state index is 0.194. The number of aromatic nitrogens is 2. The smallest absolute Gasteiger partial charge is 0.135 e. The SMILES string of the molecule is CCN1CCOC(CNc2cc(Cl)nc(C(C)C)n2)C1. The van der Waals surface area contributed by atoms with E-state index < -0.39 is 0 Å². The van der Waals surface area contributed by atoms with Crippen molar-refractivity contribution in [3.8, 4) is 0 Å².